The van der Waals surface area contributed by atoms with Crippen LogP contribution in [0.5, 0.6) is 0 Å². The number of rotatable bonds is 7. The first-order valence-corrected chi connectivity index (χ1v) is 7.50. The van der Waals surface area contributed by atoms with Gasteiger partial charge in [0, 0.05) is 18.3 Å². The van der Waals surface area contributed by atoms with E-state index in [9.17, 15) is 4.79 Å². The fourth-order valence-electron chi connectivity index (χ4n) is 2.03. The van der Waals surface area contributed by atoms with Crippen LogP contribution >= 0.6 is 0 Å². The molecular formula is C15H28N4O. The molecule has 1 heterocycles. The summed E-state index contributed by atoms with van der Waals surface area (Å²) in [5.74, 6) is 0.632. The number of carbonyl (C=O) groups excluding carboxylic acids is 1. The Balaban J connectivity index is 2.31. The van der Waals surface area contributed by atoms with Crippen LogP contribution in [0.1, 0.15) is 59.2 Å². The van der Waals surface area contributed by atoms with Crippen LogP contribution in [0.25, 0.3) is 0 Å². The average molecular weight is 280 g/mol. The Morgan fingerprint density at radius 3 is 2.60 bits per heavy atom. The SMILES string of the molecule is CC[C@H](C)C[C@@H](C)NC(=O)NCc1ccn(C(C)C)n1. The minimum absolute atomic E-state index is 0.125. The molecule has 0 radical (unpaired) electrons. The van der Waals surface area contributed by atoms with Crippen LogP contribution in [0.15, 0.2) is 12.3 Å². The topological polar surface area (TPSA) is 59.0 Å². The number of urea groups is 1. The van der Waals surface area contributed by atoms with E-state index in [2.05, 4.69) is 43.4 Å². The van der Waals surface area contributed by atoms with Crippen LogP contribution in [0.4, 0.5) is 4.79 Å². The van der Waals surface area contributed by atoms with Crippen LogP contribution in [-0.2, 0) is 6.54 Å². The Hall–Kier alpha value is -1.52. The molecule has 20 heavy (non-hydrogen) atoms. The van der Waals surface area contributed by atoms with Crippen molar-refractivity contribution in [2.24, 2.45) is 5.92 Å². The predicted molar refractivity (Wildman–Crippen MR) is 81.5 cm³/mol. The molecule has 0 spiro atoms. The van der Waals surface area contributed by atoms with Gasteiger partial charge in [0.05, 0.1) is 12.2 Å². The molecule has 0 aliphatic carbocycles. The fraction of sp³-hybridized carbons (Fsp3) is 0.733. The Morgan fingerprint density at radius 1 is 1.35 bits per heavy atom. The molecule has 0 unspecified atom stereocenters. The Labute approximate surface area is 122 Å². The van der Waals surface area contributed by atoms with Crippen molar-refractivity contribution in [3.05, 3.63) is 18.0 Å². The summed E-state index contributed by atoms with van der Waals surface area (Å²) in [6.45, 7) is 11.0. The van der Waals surface area contributed by atoms with Crippen LogP contribution in [0.2, 0.25) is 0 Å². The highest BCUT2D eigenvalue weighted by atomic mass is 16.2. The lowest BCUT2D eigenvalue weighted by atomic mass is 10.0. The smallest absolute Gasteiger partial charge is 0.315 e. The molecule has 0 fully saturated rings. The van der Waals surface area contributed by atoms with Gasteiger partial charge < -0.3 is 10.6 Å². The van der Waals surface area contributed by atoms with E-state index >= 15 is 0 Å². The van der Waals surface area contributed by atoms with Crippen molar-refractivity contribution in [1.29, 1.82) is 0 Å². The quantitative estimate of drug-likeness (QED) is 0.806. The van der Waals surface area contributed by atoms with E-state index in [1.807, 2.05) is 23.9 Å². The highest BCUT2D eigenvalue weighted by Crippen LogP contribution is 2.09. The summed E-state index contributed by atoms with van der Waals surface area (Å²) in [7, 11) is 0. The number of carbonyl (C=O) groups is 1. The largest absolute Gasteiger partial charge is 0.336 e. The molecule has 2 atom stereocenters. The minimum Gasteiger partial charge on any atom is -0.336 e. The Morgan fingerprint density at radius 2 is 2.05 bits per heavy atom. The summed E-state index contributed by atoms with van der Waals surface area (Å²) in [5, 5.41) is 10.2. The highest BCUT2D eigenvalue weighted by molar-refractivity contribution is 5.74. The molecule has 1 aromatic rings. The standard InChI is InChI=1S/C15H28N4O/c1-6-12(4)9-13(5)17-15(20)16-10-14-7-8-19(18-14)11(2)3/h7-8,11-13H,6,9-10H2,1-5H3,(H2,16,17,20)/t12-,13+/m0/s1. The summed E-state index contributed by atoms with van der Waals surface area (Å²) in [6, 6.07) is 2.34. The third kappa shape index (κ3) is 5.63. The van der Waals surface area contributed by atoms with E-state index in [0.29, 0.717) is 18.5 Å². The monoisotopic (exact) mass is 280 g/mol. The van der Waals surface area contributed by atoms with Gasteiger partial charge in [-0.3, -0.25) is 4.68 Å². The molecule has 0 aliphatic heterocycles. The predicted octanol–water partition coefficient (Wildman–Crippen LogP) is 3.09. The summed E-state index contributed by atoms with van der Waals surface area (Å²) in [5.41, 5.74) is 0.878. The zero-order valence-electron chi connectivity index (χ0n) is 13.3. The summed E-state index contributed by atoms with van der Waals surface area (Å²) in [6.07, 6.45) is 4.08. The number of aromatic nitrogens is 2. The van der Waals surface area contributed by atoms with Crippen molar-refractivity contribution in [2.45, 2.75) is 66.1 Å². The highest BCUT2D eigenvalue weighted by Gasteiger charge is 2.10. The number of amides is 2. The second-order valence-corrected chi connectivity index (χ2v) is 5.86. The molecule has 1 aromatic heterocycles. The van der Waals surface area contributed by atoms with Crippen molar-refractivity contribution in [3.8, 4) is 0 Å². The van der Waals surface area contributed by atoms with Gasteiger partial charge in [0.15, 0.2) is 0 Å². The van der Waals surface area contributed by atoms with E-state index in [0.717, 1.165) is 18.5 Å². The van der Waals surface area contributed by atoms with Crippen LogP contribution in [0, 0.1) is 5.92 Å². The maximum Gasteiger partial charge on any atom is 0.315 e. The van der Waals surface area contributed by atoms with Crippen molar-refractivity contribution in [3.63, 3.8) is 0 Å². The lowest BCUT2D eigenvalue weighted by molar-refractivity contribution is 0.235. The zero-order valence-corrected chi connectivity index (χ0v) is 13.3. The molecule has 0 saturated carbocycles. The van der Waals surface area contributed by atoms with Gasteiger partial charge in [-0.05, 0) is 39.2 Å². The second kappa shape index (κ2) is 7.92. The van der Waals surface area contributed by atoms with Gasteiger partial charge in [-0.2, -0.15) is 5.10 Å². The molecule has 0 aromatic carbocycles. The number of nitrogens with zero attached hydrogens (tertiary/aromatic N) is 2. The first kappa shape index (κ1) is 16.5. The molecule has 0 bridgehead atoms. The third-order valence-corrected chi connectivity index (χ3v) is 3.45. The summed E-state index contributed by atoms with van der Waals surface area (Å²) in [4.78, 5) is 11.8. The molecule has 5 nitrogen and oxygen atoms in total. The van der Waals surface area contributed by atoms with Gasteiger partial charge in [-0.15, -0.1) is 0 Å². The maximum absolute atomic E-state index is 11.8. The molecule has 114 valence electrons. The van der Waals surface area contributed by atoms with E-state index in [1.54, 1.807) is 0 Å². The summed E-state index contributed by atoms with van der Waals surface area (Å²) >= 11 is 0. The van der Waals surface area contributed by atoms with Gasteiger partial charge in [-0.25, -0.2) is 4.79 Å². The lowest BCUT2D eigenvalue weighted by Crippen LogP contribution is -2.41. The Kier molecular flexibility index (Phi) is 6.55. The van der Waals surface area contributed by atoms with Crippen molar-refractivity contribution >= 4 is 6.03 Å². The zero-order chi connectivity index (χ0) is 15.1. The normalized spacial score (nSPS) is 14.1. The first-order valence-electron chi connectivity index (χ1n) is 7.50. The molecule has 2 amide bonds. The van der Waals surface area contributed by atoms with E-state index in [-0.39, 0.29) is 12.1 Å². The molecule has 0 saturated heterocycles. The number of nitrogens with one attached hydrogen (secondary N) is 2. The van der Waals surface area contributed by atoms with Crippen LogP contribution < -0.4 is 10.6 Å². The third-order valence-electron chi connectivity index (χ3n) is 3.45. The van der Waals surface area contributed by atoms with Gasteiger partial charge >= 0.3 is 6.03 Å². The van der Waals surface area contributed by atoms with E-state index in [1.165, 1.54) is 0 Å². The Bertz CT molecular complexity index is 414. The van der Waals surface area contributed by atoms with E-state index in [4.69, 9.17) is 0 Å². The van der Waals surface area contributed by atoms with Gasteiger partial charge in [0.25, 0.3) is 0 Å². The van der Waals surface area contributed by atoms with Crippen LogP contribution in [-0.4, -0.2) is 21.9 Å². The number of hydrogen-bond donors (Lipinski definition) is 2. The van der Waals surface area contributed by atoms with Gasteiger partial charge in [0.1, 0.15) is 0 Å². The van der Waals surface area contributed by atoms with Gasteiger partial charge in [-0.1, -0.05) is 20.3 Å². The maximum atomic E-state index is 11.8. The molecule has 5 heteroatoms. The van der Waals surface area contributed by atoms with Gasteiger partial charge in [0.2, 0.25) is 0 Å². The first-order chi connectivity index (χ1) is 9.42. The van der Waals surface area contributed by atoms with Crippen molar-refractivity contribution in [2.75, 3.05) is 0 Å². The van der Waals surface area contributed by atoms with Crippen molar-refractivity contribution < 1.29 is 4.79 Å². The molecule has 2 N–H and O–H groups in total. The molecular weight excluding hydrogens is 252 g/mol. The number of hydrogen-bond acceptors (Lipinski definition) is 2. The fourth-order valence-corrected chi connectivity index (χ4v) is 2.03. The average Bonchev–Trinajstić information content (AvgIpc) is 2.85. The summed E-state index contributed by atoms with van der Waals surface area (Å²) < 4.78 is 1.89. The molecule has 0 aliphatic rings. The van der Waals surface area contributed by atoms with Crippen LogP contribution in [0.3, 0.4) is 0 Å². The molecule has 1 rings (SSSR count). The van der Waals surface area contributed by atoms with E-state index < -0.39 is 0 Å². The second-order valence-electron chi connectivity index (χ2n) is 5.86. The lowest BCUT2D eigenvalue weighted by Gasteiger charge is -2.17. The minimum atomic E-state index is -0.125. The van der Waals surface area contributed by atoms with Crippen molar-refractivity contribution in [1.82, 2.24) is 20.4 Å².